The van der Waals surface area contributed by atoms with Crippen LogP contribution in [0.25, 0.3) is 6.20 Å². The molecule has 66 valence electrons. The fourth-order valence-corrected chi connectivity index (χ4v) is 0.982. The van der Waals surface area contributed by atoms with Crippen LogP contribution in [0.15, 0.2) is 19.0 Å². The van der Waals surface area contributed by atoms with Crippen LogP contribution in [0.1, 0.15) is 18.9 Å². The van der Waals surface area contributed by atoms with Crippen LogP contribution in [-0.4, -0.2) is 21.0 Å². The molecule has 0 amide bonds. The first kappa shape index (κ1) is 9.00. The average Bonchev–Trinajstić information content (AvgIpc) is 2.48. The van der Waals surface area contributed by atoms with Crippen LogP contribution in [0, 0.1) is 0 Å². The minimum Gasteiger partial charge on any atom is -0.393 e. The zero-order valence-corrected chi connectivity index (χ0v) is 7.27. The molecule has 1 N–H and O–H groups in total. The molecule has 0 aliphatic rings. The highest BCUT2D eigenvalue weighted by Gasteiger charge is 1.99. The lowest BCUT2D eigenvalue weighted by atomic mass is 10.1. The molecule has 0 fully saturated rings. The van der Waals surface area contributed by atoms with Gasteiger partial charge in [-0.25, -0.2) is 4.68 Å². The minimum absolute atomic E-state index is 0.239. The van der Waals surface area contributed by atoms with Gasteiger partial charge in [0, 0.05) is 12.4 Å². The van der Waals surface area contributed by atoms with Gasteiger partial charge in [-0.3, -0.25) is 0 Å². The third-order valence-corrected chi connectivity index (χ3v) is 1.69. The van der Waals surface area contributed by atoms with Crippen molar-refractivity contribution in [2.45, 2.75) is 25.9 Å². The predicted octanol–water partition coefficient (Wildman–Crippen LogP) is 1.30. The summed E-state index contributed by atoms with van der Waals surface area (Å²) in [5.41, 5.74) is 1.14. The molecule has 3 nitrogen and oxygen atoms in total. The Hall–Kier alpha value is -1.09. The van der Waals surface area contributed by atoms with Crippen molar-refractivity contribution in [1.29, 1.82) is 0 Å². The molecule has 0 radical (unpaired) electrons. The standard InChI is InChI=1S/C9H14N2O/c1-3-11-7-9(6-10-11)5-4-8(2)12/h3,6-8,12H,1,4-5H2,2H3/t8-/m0/s1. The zero-order valence-electron chi connectivity index (χ0n) is 7.27. The molecule has 0 saturated carbocycles. The van der Waals surface area contributed by atoms with Crippen LogP contribution in [-0.2, 0) is 6.42 Å². The van der Waals surface area contributed by atoms with Crippen molar-refractivity contribution in [2.24, 2.45) is 0 Å². The average molecular weight is 166 g/mol. The summed E-state index contributed by atoms with van der Waals surface area (Å²) in [5, 5.41) is 13.1. The number of aryl methyl sites for hydroxylation is 1. The molecular weight excluding hydrogens is 152 g/mol. The zero-order chi connectivity index (χ0) is 8.97. The fourth-order valence-electron chi connectivity index (χ4n) is 0.982. The van der Waals surface area contributed by atoms with E-state index in [4.69, 9.17) is 5.11 Å². The van der Waals surface area contributed by atoms with E-state index in [9.17, 15) is 0 Å². The van der Waals surface area contributed by atoms with Gasteiger partial charge in [0.1, 0.15) is 0 Å². The van der Waals surface area contributed by atoms with Crippen LogP contribution in [0.2, 0.25) is 0 Å². The van der Waals surface area contributed by atoms with Crippen molar-refractivity contribution >= 4 is 6.20 Å². The number of rotatable bonds is 4. The van der Waals surface area contributed by atoms with Gasteiger partial charge in [0.25, 0.3) is 0 Å². The molecule has 0 bridgehead atoms. The van der Waals surface area contributed by atoms with Crippen LogP contribution in [0.3, 0.4) is 0 Å². The van der Waals surface area contributed by atoms with Gasteiger partial charge in [0.2, 0.25) is 0 Å². The molecule has 1 aromatic rings. The second-order valence-corrected chi connectivity index (χ2v) is 2.90. The van der Waals surface area contributed by atoms with E-state index >= 15 is 0 Å². The van der Waals surface area contributed by atoms with Crippen LogP contribution in [0.4, 0.5) is 0 Å². The van der Waals surface area contributed by atoms with E-state index in [1.54, 1.807) is 24.0 Å². The lowest BCUT2D eigenvalue weighted by molar-refractivity contribution is 0.185. The summed E-state index contributed by atoms with van der Waals surface area (Å²) in [6.45, 7) is 5.38. The van der Waals surface area contributed by atoms with E-state index in [1.165, 1.54) is 0 Å². The second-order valence-electron chi connectivity index (χ2n) is 2.90. The van der Waals surface area contributed by atoms with Gasteiger partial charge in [-0.05, 0) is 25.3 Å². The van der Waals surface area contributed by atoms with E-state index in [0.29, 0.717) is 0 Å². The Bertz CT molecular complexity index is 253. The predicted molar refractivity (Wildman–Crippen MR) is 48.6 cm³/mol. The fraction of sp³-hybridized carbons (Fsp3) is 0.444. The molecule has 0 unspecified atom stereocenters. The van der Waals surface area contributed by atoms with Gasteiger partial charge in [-0.1, -0.05) is 6.58 Å². The van der Waals surface area contributed by atoms with Gasteiger partial charge in [-0.2, -0.15) is 5.10 Å². The third kappa shape index (κ3) is 2.51. The molecule has 0 spiro atoms. The molecule has 12 heavy (non-hydrogen) atoms. The first-order valence-electron chi connectivity index (χ1n) is 4.06. The first-order chi connectivity index (χ1) is 5.72. The molecular formula is C9H14N2O. The van der Waals surface area contributed by atoms with E-state index in [1.807, 2.05) is 6.20 Å². The number of hydrogen-bond donors (Lipinski definition) is 1. The number of aliphatic hydroxyl groups is 1. The maximum absolute atomic E-state index is 9.03. The minimum atomic E-state index is -0.239. The van der Waals surface area contributed by atoms with Gasteiger partial charge in [-0.15, -0.1) is 0 Å². The molecule has 3 heteroatoms. The van der Waals surface area contributed by atoms with Crippen LogP contribution >= 0.6 is 0 Å². The van der Waals surface area contributed by atoms with E-state index in [2.05, 4.69) is 11.7 Å². The maximum atomic E-state index is 9.03. The summed E-state index contributed by atoms with van der Waals surface area (Å²) in [6, 6.07) is 0. The summed E-state index contributed by atoms with van der Waals surface area (Å²) in [6.07, 6.45) is 6.76. The number of nitrogens with zero attached hydrogens (tertiary/aromatic N) is 2. The summed E-state index contributed by atoms with van der Waals surface area (Å²) in [7, 11) is 0. The van der Waals surface area contributed by atoms with Crippen LogP contribution < -0.4 is 0 Å². The molecule has 1 heterocycles. The van der Waals surface area contributed by atoms with Crippen LogP contribution in [0.5, 0.6) is 0 Å². The number of aliphatic hydroxyl groups excluding tert-OH is 1. The topological polar surface area (TPSA) is 38.0 Å². The monoisotopic (exact) mass is 166 g/mol. The van der Waals surface area contributed by atoms with Gasteiger partial charge < -0.3 is 5.11 Å². The van der Waals surface area contributed by atoms with Gasteiger partial charge in [0.05, 0.1) is 12.3 Å². The lowest BCUT2D eigenvalue weighted by Crippen LogP contribution is -2.00. The maximum Gasteiger partial charge on any atom is 0.0525 e. The highest BCUT2D eigenvalue weighted by Crippen LogP contribution is 2.03. The Morgan fingerprint density at radius 1 is 1.83 bits per heavy atom. The Labute approximate surface area is 72.3 Å². The molecule has 0 aliphatic carbocycles. The van der Waals surface area contributed by atoms with Crippen molar-refractivity contribution in [2.75, 3.05) is 0 Å². The Balaban J connectivity index is 2.47. The summed E-state index contributed by atoms with van der Waals surface area (Å²) in [4.78, 5) is 0. The lowest BCUT2D eigenvalue weighted by Gasteiger charge is -1.99. The molecule has 0 aliphatic heterocycles. The Morgan fingerprint density at radius 2 is 2.58 bits per heavy atom. The molecule has 1 aromatic heterocycles. The molecule has 0 saturated heterocycles. The highest BCUT2D eigenvalue weighted by atomic mass is 16.3. The summed E-state index contributed by atoms with van der Waals surface area (Å²) in [5.74, 6) is 0. The molecule has 1 atom stereocenters. The van der Waals surface area contributed by atoms with Gasteiger partial charge in [0.15, 0.2) is 0 Å². The largest absolute Gasteiger partial charge is 0.393 e. The third-order valence-electron chi connectivity index (χ3n) is 1.69. The SMILES string of the molecule is C=Cn1cc(CC[C@H](C)O)cn1. The Kier molecular flexibility index (Phi) is 3.05. The van der Waals surface area contributed by atoms with E-state index < -0.39 is 0 Å². The Morgan fingerprint density at radius 3 is 3.08 bits per heavy atom. The van der Waals surface area contributed by atoms with Crippen molar-refractivity contribution in [3.8, 4) is 0 Å². The van der Waals surface area contributed by atoms with Crippen molar-refractivity contribution in [3.63, 3.8) is 0 Å². The quantitative estimate of drug-likeness (QED) is 0.732. The number of hydrogen-bond acceptors (Lipinski definition) is 2. The molecule has 0 aromatic carbocycles. The number of aromatic nitrogens is 2. The smallest absolute Gasteiger partial charge is 0.0525 e. The second kappa shape index (κ2) is 4.07. The first-order valence-corrected chi connectivity index (χ1v) is 4.06. The highest BCUT2D eigenvalue weighted by molar-refractivity contribution is 5.17. The molecule has 1 rings (SSSR count). The van der Waals surface area contributed by atoms with Crippen molar-refractivity contribution in [1.82, 2.24) is 9.78 Å². The van der Waals surface area contributed by atoms with E-state index in [-0.39, 0.29) is 6.10 Å². The summed E-state index contributed by atoms with van der Waals surface area (Å²) >= 11 is 0. The normalized spacial score (nSPS) is 12.8. The van der Waals surface area contributed by atoms with Crippen molar-refractivity contribution in [3.05, 3.63) is 24.5 Å². The summed E-state index contributed by atoms with van der Waals surface area (Å²) < 4.78 is 1.66. The van der Waals surface area contributed by atoms with E-state index in [0.717, 1.165) is 18.4 Å². The van der Waals surface area contributed by atoms with Crippen molar-refractivity contribution < 1.29 is 5.11 Å². The van der Waals surface area contributed by atoms with Gasteiger partial charge >= 0.3 is 0 Å².